The van der Waals surface area contributed by atoms with Crippen LogP contribution < -0.4 is 0 Å². The lowest BCUT2D eigenvalue weighted by Crippen LogP contribution is -2.38. The van der Waals surface area contributed by atoms with Gasteiger partial charge in [0.25, 0.3) is 0 Å². The number of hydrogen-bond donors (Lipinski definition) is 0. The first-order valence-electron chi connectivity index (χ1n) is 6.86. The van der Waals surface area contributed by atoms with Gasteiger partial charge in [0.2, 0.25) is 0 Å². The van der Waals surface area contributed by atoms with E-state index in [0.29, 0.717) is 5.60 Å². The Morgan fingerprint density at radius 2 is 1.73 bits per heavy atom. The van der Waals surface area contributed by atoms with Crippen LogP contribution in [-0.4, -0.2) is 12.2 Å². The Kier molecular flexibility index (Phi) is 5.11. The summed E-state index contributed by atoms with van der Waals surface area (Å²) in [6.45, 7) is 9.74. The van der Waals surface area contributed by atoms with Crippen molar-refractivity contribution in [1.82, 2.24) is 0 Å². The third kappa shape index (κ3) is 3.21. The molecule has 0 amide bonds. The van der Waals surface area contributed by atoms with E-state index in [1.807, 2.05) is 13.8 Å². The van der Waals surface area contributed by atoms with Crippen LogP contribution in [0.25, 0.3) is 0 Å². The largest absolute Gasteiger partial charge is 0.375 e. The molecule has 15 heavy (non-hydrogen) atoms. The third-order valence-corrected chi connectivity index (χ3v) is 3.99. The minimum absolute atomic E-state index is 0.327. The van der Waals surface area contributed by atoms with Gasteiger partial charge in [-0.2, -0.15) is 0 Å². The van der Waals surface area contributed by atoms with Crippen molar-refractivity contribution in [2.24, 2.45) is 11.8 Å². The third-order valence-electron chi connectivity index (χ3n) is 3.99. The highest BCUT2D eigenvalue weighted by molar-refractivity contribution is 4.91. The molecule has 2 fully saturated rings. The summed E-state index contributed by atoms with van der Waals surface area (Å²) in [4.78, 5) is 0. The molecule has 1 spiro atoms. The average Bonchev–Trinajstić information content (AvgIpc) is 2.69. The zero-order chi connectivity index (χ0) is 11.3. The highest BCUT2D eigenvalue weighted by Crippen LogP contribution is 2.43. The Morgan fingerprint density at radius 1 is 1.13 bits per heavy atom. The number of hydrogen-bond acceptors (Lipinski definition) is 1. The van der Waals surface area contributed by atoms with Gasteiger partial charge in [-0.3, -0.25) is 0 Å². The van der Waals surface area contributed by atoms with Crippen molar-refractivity contribution in [1.29, 1.82) is 0 Å². The molecule has 1 saturated heterocycles. The van der Waals surface area contributed by atoms with Gasteiger partial charge in [-0.05, 0) is 37.5 Å². The van der Waals surface area contributed by atoms with Crippen LogP contribution >= 0.6 is 0 Å². The molecule has 90 valence electrons. The topological polar surface area (TPSA) is 9.23 Å². The van der Waals surface area contributed by atoms with Crippen molar-refractivity contribution in [2.75, 3.05) is 6.61 Å². The normalized spacial score (nSPS) is 29.0. The fourth-order valence-corrected chi connectivity index (χ4v) is 3.00. The van der Waals surface area contributed by atoms with Crippen LogP contribution in [0.15, 0.2) is 0 Å². The van der Waals surface area contributed by atoms with E-state index in [1.165, 1.54) is 38.5 Å². The second kappa shape index (κ2) is 5.89. The van der Waals surface area contributed by atoms with Gasteiger partial charge in [0.05, 0.1) is 5.60 Å². The predicted octanol–water partition coefficient (Wildman–Crippen LogP) is 4.41. The summed E-state index contributed by atoms with van der Waals surface area (Å²) in [6.07, 6.45) is 8.08. The highest BCUT2D eigenvalue weighted by atomic mass is 16.5. The molecule has 1 nitrogen and oxygen atoms in total. The second-order valence-corrected chi connectivity index (χ2v) is 5.24. The molecule has 0 aromatic rings. The van der Waals surface area contributed by atoms with Gasteiger partial charge in [0.1, 0.15) is 0 Å². The van der Waals surface area contributed by atoms with E-state index in [4.69, 9.17) is 4.74 Å². The SMILES string of the molecule is CC.CC(C)C1CCOC2(CCCC2)C1. The molecule has 1 aliphatic carbocycles. The molecule has 1 unspecified atom stereocenters. The van der Waals surface area contributed by atoms with E-state index in [2.05, 4.69) is 13.8 Å². The van der Waals surface area contributed by atoms with E-state index >= 15 is 0 Å². The fourth-order valence-electron chi connectivity index (χ4n) is 3.00. The van der Waals surface area contributed by atoms with Crippen LogP contribution in [0.2, 0.25) is 0 Å². The lowest BCUT2D eigenvalue weighted by molar-refractivity contribution is -0.0994. The molecular weight excluding hydrogens is 184 g/mol. The van der Waals surface area contributed by atoms with Crippen molar-refractivity contribution >= 4 is 0 Å². The van der Waals surface area contributed by atoms with E-state index in [9.17, 15) is 0 Å². The summed E-state index contributed by atoms with van der Waals surface area (Å²) in [5, 5.41) is 0. The van der Waals surface area contributed by atoms with Gasteiger partial charge in [0, 0.05) is 6.61 Å². The Labute approximate surface area is 95.6 Å². The predicted molar refractivity (Wildman–Crippen MR) is 66.1 cm³/mol. The van der Waals surface area contributed by atoms with Crippen LogP contribution in [0.5, 0.6) is 0 Å². The molecular formula is C14H28O. The van der Waals surface area contributed by atoms with Gasteiger partial charge >= 0.3 is 0 Å². The van der Waals surface area contributed by atoms with Gasteiger partial charge in [0.15, 0.2) is 0 Å². The van der Waals surface area contributed by atoms with Crippen molar-refractivity contribution in [3.05, 3.63) is 0 Å². The molecule has 2 rings (SSSR count). The molecule has 0 aromatic carbocycles. The number of ether oxygens (including phenoxy) is 1. The Bertz CT molecular complexity index is 168. The van der Waals surface area contributed by atoms with Gasteiger partial charge < -0.3 is 4.74 Å². The maximum Gasteiger partial charge on any atom is 0.0685 e. The van der Waals surface area contributed by atoms with Crippen molar-refractivity contribution in [2.45, 2.75) is 71.8 Å². The summed E-state index contributed by atoms with van der Waals surface area (Å²) in [6, 6.07) is 0. The molecule has 1 heteroatoms. The zero-order valence-electron chi connectivity index (χ0n) is 11.0. The zero-order valence-corrected chi connectivity index (χ0v) is 11.0. The summed E-state index contributed by atoms with van der Waals surface area (Å²) in [7, 11) is 0. The summed E-state index contributed by atoms with van der Waals surface area (Å²) in [5.41, 5.74) is 0.327. The van der Waals surface area contributed by atoms with Crippen LogP contribution in [0.4, 0.5) is 0 Å². The van der Waals surface area contributed by atoms with Crippen molar-refractivity contribution in [3.8, 4) is 0 Å². The quantitative estimate of drug-likeness (QED) is 0.625. The van der Waals surface area contributed by atoms with Crippen LogP contribution in [0.3, 0.4) is 0 Å². The molecule has 0 bridgehead atoms. The molecule has 0 radical (unpaired) electrons. The maximum atomic E-state index is 6.01. The first kappa shape index (κ1) is 13.0. The lowest BCUT2D eigenvalue weighted by atomic mass is 9.79. The summed E-state index contributed by atoms with van der Waals surface area (Å²) >= 11 is 0. The minimum atomic E-state index is 0.327. The first-order chi connectivity index (χ1) is 7.22. The molecule has 1 heterocycles. The summed E-state index contributed by atoms with van der Waals surface area (Å²) < 4.78 is 6.01. The molecule has 1 saturated carbocycles. The Hall–Kier alpha value is -0.0400. The number of rotatable bonds is 1. The minimum Gasteiger partial charge on any atom is -0.375 e. The summed E-state index contributed by atoms with van der Waals surface area (Å²) in [5.74, 6) is 1.77. The van der Waals surface area contributed by atoms with Crippen molar-refractivity contribution in [3.63, 3.8) is 0 Å². The molecule has 0 aromatic heterocycles. The molecule has 0 N–H and O–H groups in total. The molecule has 1 aliphatic heterocycles. The average molecular weight is 212 g/mol. The Morgan fingerprint density at radius 3 is 2.27 bits per heavy atom. The lowest BCUT2D eigenvalue weighted by Gasteiger charge is -2.39. The standard InChI is InChI=1S/C12H22O.C2H6/c1-10(2)11-5-8-13-12(9-11)6-3-4-7-12;1-2/h10-11H,3-9H2,1-2H3;1-2H3. The van der Waals surface area contributed by atoms with Crippen LogP contribution in [-0.2, 0) is 4.74 Å². The Balaban J connectivity index is 0.000000531. The van der Waals surface area contributed by atoms with E-state index in [0.717, 1.165) is 18.4 Å². The van der Waals surface area contributed by atoms with E-state index < -0.39 is 0 Å². The monoisotopic (exact) mass is 212 g/mol. The van der Waals surface area contributed by atoms with Gasteiger partial charge in [-0.25, -0.2) is 0 Å². The van der Waals surface area contributed by atoms with Crippen molar-refractivity contribution < 1.29 is 4.74 Å². The smallest absolute Gasteiger partial charge is 0.0685 e. The maximum absolute atomic E-state index is 6.01. The second-order valence-electron chi connectivity index (χ2n) is 5.24. The fraction of sp³-hybridized carbons (Fsp3) is 1.00. The van der Waals surface area contributed by atoms with Gasteiger partial charge in [-0.1, -0.05) is 40.5 Å². The highest BCUT2D eigenvalue weighted by Gasteiger charge is 2.40. The van der Waals surface area contributed by atoms with E-state index in [-0.39, 0.29) is 0 Å². The van der Waals surface area contributed by atoms with Crippen LogP contribution in [0.1, 0.15) is 66.2 Å². The van der Waals surface area contributed by atoms with Gasteiger partial charge in [-0.15, -0.1) is 0 Å². The van der Waals surface area contributed by atoms with E-state index in [1.54, 1.807) is 0 Å². The first-order valence-corrected chi connectivity index (χ1v) is 6.86. The molecule has 2 aliphatic rings. The van der Waals surface area contributed by atoms with Crippen LogP contribution in [0, 0.1) is 11.8 Å². The molecule has 1 atom stereocenters.